The Morgan fingerprint density at radius 1 is 1.40 bits per heavy atom. The van der Waals surface area contributed by atoms with Gasteiger partial charge < -0.3 is 10.2 Å². The van der Waals surface area contributed by atoms with Crippen molar-refractivity contribution in [3.8, 4) is 0 Å². The maximum Gasteiger partial charge on any atom is 0.226 e. The summed E-state index contributed by atoms with van der Waals surface area (Å²) in [7, 11) is 4.03. The van der Waals surface area contributed by atoms with E-state index in [1.165, 1.54) is 0 Å². The van der Waals surface area contributed by atoms with Crippen molar-refractivity contribution in [3.63, 3.8) is 0 Å². The van der Waals surface area contributed by atoms with Gasteiger partial charge in [0.1, 0.15) is 5.82 Å². The van der Waals surface area contributed by atoms with E-state index in [0.29, 0.717) is 12.0 Å². The molecular formula is C13H21N7. The number of nitrogens with zero attached hydrogens (tertiary/aromatic N) is 5. The van der Waals surface area contributed by atoms with Gasteiger partial charge >= 0.3 is 0 Å². The zero-order valence-corrected chi connectivity index (χ0v) is 12.2. The molecule has 3 rings (SSSR count). The van der Waals surface area contributed by atoms with Crippen molar-refractivity contribution in [2.75, 3.05) is 43.9 Å². The summed E-state index contributed by atoms with van der Waals surface area (Å²) in [6, 6.07) is 0.568. The van der Waals surface area contributed by atoms with E-state index in [9.17, 15) is 0 Å². The Bertz CT molecular complexity index is 593. The molecule has 1 saturated heterocycles. The molecule has 20 heavy (non-hydrogen) atoms. The molecule has 108 valence electrons. The minimum Gasteiger partial charge on any atom is -0.357 e. The number of fused-ring (bicyclic) bond motifs is 1. The van der Waals surface area contributed by atoms with Crippen molar-refractivity contribution in [2.24, 2.45) is 0 Å². The van der Waals surface area contributed by atoms with Crippen LogP contribution in [0, 0.1) is 0 Å². The molecule has 0 radical (unpaired) electrons. The first-order chi connectivity index (χ1) is 9.72. The fourth-order valence-corrected chi connectivity index (χ4v) is 2.75. The Labute approximate surface area is 118 Å². The second-order valence-electron chi connectivity index (χ2n) is 5.24. The van der Waals surface area contributed by atoms with E-state index in [1.807, 2.05) is 13.2 Å². The van der Waals surface area contributed by atoms with Crippen LogP contribution >= 0.6 is 0 Å². The van der Waals surface area contributed by atoms with Gasteiger partial charge in [0.15, 0.2) is 5.65 Å². The molecule has 0 aliphatic carbocycles. The summed E-state index contributed by atoms with van der Waals surface area (Å²) in [5, 5.41) is 11.0. The summed E-state index contributed by atoms with van der Waals surface area (Å²) < 4.78 is 0. The second kappa shape index (κ2) is 5.24. The standard InChI is InChI=1S/C13H21N7/c1-4-9-8-20(6-5-19(9)3)12-10-7-15-18-11(10)16-13(14-2)17-12/h7,9H,4-6,8H2,1-3H3,(H2,14,15,16,17,18). The van der Waals surface area contributed by atoms with Crippen molar-refractivity contribution in [1.29, 1.82) is 0 Å². The molecule has 0 aromatic carbocycles. The molecule has 2 N–H and O–H groups in total. The summed E-state index contributed by atoms with van der Waals surface area (Å²) in [6.45, 7) is 5.26. The van der Waals surface area contributed by atoms with Crippen molar-refractivity contribution in [2.45, 2.75) is 19.4 Å². The van der Waals surface area contributed by atoms with Crippen molar-refractivity contribution in [1.82, 2.24) is 25.1 Å². The first-order valence-corrected chi connectivity index (χ1v) is 7.07. The van der Waals surface area contributed by atoms with Crippen molar-refractivity contribution in [3.05, 3.63) is 6.20 Å². The van der Waals surface area contributed by atoms with E-state index in [-0.39, 0.29) is 0 Å². The molecule has 3 heterocycles. The molecule has 2 aromatic heterocycles. The summed E-state index contributed by atoms with van der Waals surface area (Å²) in [6.07, 6.45) is 2.95. The Hall–Kier alpha value is -1.89. The third-order valence-electron chi connectivity index (χ3n) is 4.06. The number of hydrogen-bond donors (Lipinski definition) is 2. The highest BCUT2D eigenvalue weighted by molar-refractivity contribution is 5.87. The molecule has 7 nitrogen and oxygen atoms in total. The summed E-state index contributed by atoms with van der Waals surface area (Å²) >= 11 is 0. The maximum absolute atomic E-state index is 4.63. The zero-order valence-electron chi connectivity index (χ0n) is 12.2. The highest BCUT2D eigenvalue weighted by atomic mass is 15.3. The molecule has 1 atom stereocenters. The number of rotatable bonds is 3. The van der Waals surface area contributed by atoms with Gasteiger partial charge in [-0.3, -0.25) is 10.00 Å². The van der Waals surface area contributed by atoms with E-state index < -0.39 is 0 Å². The molecule has 1 aliphatic heterocycles. The number of piperazine rings is 1. The highest BCUT2D eigenvalue weighted by Crippen LogP contribution is 2.26. The monoisotopic (exact) mass is 275 g/mol. The fourth-order valence-electron chi connectivity index (χ4n) is 2.75. The average molecular weight is 275 g/mol. The van der Waals surface area contributed by atoms with E-state index in [4.69, 9.17) is 0 Å². The van der Waals surface area contributed by atoms with Gasteiger partial charge in [-0.25, -0.2) is 0 Å². The molecule has 7 heteroatoms. The number of H-pyrrole nitrogens is 1. The molecule has 0 amide bonds. The lowest BCUT2D eigenvalue weighted by atomic mass is 10.1. The number of nitrogens with one attached hydrogen (secondary N) is 2. The molecular weight excluding hydrogens is 254 g/mol. The van der Waals surface area contributed by atoms with Gasteiger partial charge in [-0.15, -0.1) is 0 Å². The van der Waals surface area contributed by atoms with Crippen LogP contribution in [0.5, 0.6) is 0 Å². The largest absolute Gasteiger partial charge is 0.357 e. The second-order valence-corrected chi connectivity index (χ2v) is 5.24. The number of aromatic nitrogens is 4. The third kappa shape index (κ3) is 2.18. The lowest BCUT2D eigenvalue weighted by Crippen LogP contribution is -2.51. The highest BCUT2D eigenvalue weighted by Gasteiger charge is 2.25. The first kappa shape index (κ1) is 13.1. The van der Waals surface area contributed by atoms with Gasteiger partial charge in [0.25, 0.3) is 0 Å². The van der Waals surface area contributed by atoms with Crippen LogP contribution in [0.15, 0.2) is 6.20 Å². The van der Waals surface area contributed by atoms with Crippen LogP contribution in [0.3, 0.4) is 0 Å². The lowest BCUT2D eigenvalue weighted by Gasteiger charge is -2.39. The Balaban J connectivity index is 1.98. The van der Waals surface area contributed by atoms with Crippen molar-refractivity contribution < 1.29 is 0 Å². The maximum atomic E-state index is 4.63. The zero-order chi connectivity index (χ0) is 14.1. The summed E-state index contributed by atoms with van der Waals surface area (Å²) in [5.41, 5.74) is 0.784. The molecule has 2 aromatic rings. The summed E-state index contributed by atoms with van der Waals surface area (Å²) in [5.74, 6) is 1.60. The average Bonchev–Trinajstić information content (AvgIpc) is 2.95. The normalized spacial score (nSPS) is 20.6. The van der Waals surface area contributed by atoms with E-state index >= 15 is 0 Å². The van der Waals surface area contributed by atoms with Crippen LogP contribution in [0.2, 0.25) is 0 Å². The van der Waals surface area contributed by atoms with Gasteiger partial charge in [0.2, 0.25) is 5.95 Å². The Kier molecular flexibility index (Phi) is 3.43. The molecule has 1 unspecified atom stereocenters. The molecule has 0 spiro atoms. The van der Waals surface area contributed by atoms with Crippen LogP contribution in [0.4, 0.5) is 11.8 Å². The molecule has 1 fully saturated rings. The lowest BCUT2D eigenvalue weighted by molar-refractivity contribution is 0.213. The fraction of sp³-hybridized carbons (Fsp3) is 0.615. The van der Waals surface area contributed by atoms with Crippen LogP contribution in [-0.4, -0.2) is 64.8 Å². The SMILES string of the molecule is CCC1CN(c2nc(NC)nc3[nH]ncc23)CCN1C. The van der Waals surface area contributed by atoms with E-state index in [1.54, 1.807) is 0 Å². The van der Waals surface area contributed by atoms with Gasteiger partial charge in [-0.1, -0.05) is 6.92 Å². The minimum atomic E-state index is 0.568. The number of hydrogen-bond acceptors (Lipinski definition) is 6. The molecule has 0 bridgehead atoms. The topological polar surface area (TPSA) is 73.0 Å². The van der Waals surface area contributed by atoms with Crippen molar-refractivity contribution >= 4 is 22.8 Å². The number of anilines is 2. The van der Waals surface area contributed by atoms with Crippen LogP contribution in [0.25, 0.3) is 11.0 Å². The Morgan fingerprint density at radius 3 is 3.00 bits per heavy atom. The number of aromatic amines is 1. The molecule has 0 saturated carbocycles. The van der Waals surface area contributed by atoms with E-state index in [2.05, 4.69) is 49.3 Å². The minimum absolute atomic E-state index is 0.568. The van der Waals surface area contributed by atoms with Crippen LogP contribution in [-0.2, 0) is 0 Å². The smallest absolute Gasteiger partial charge is 0.226 e. The Morgan fingerprint density at radius 2 is 2.25 bits per heavy atom. The predicted octanol–water partition coefficient (Wildman–Crippen LogP) is 0.925. The number of likely N-dealkylation sites (N-methyl/N-ethyl adjacent to an activating group) is 1. The van der Waals surface area contributed by atoms with Gasteiger partial charge in [-0.05, 0) is 13.5 Å². The third-order valence-corrected chi connectivity index (χ3v) is 4.06. The van der Waals surface area contributed by atoms with Gasteiger partial charge in [0.05, 0.1) is 11.6 Å². The van der Waals surface area contributed by atoms with Crippen LogP contribution < -0.4 is 10.2 Å². The predicted molar refractivity (Wildman–Crippen MR) is 80.2 cm³/mol. The quantitative estimate of drug-likeness (QED) is 0.868. The van der Waals surface area contributed by atoms with Crippen LogP contribution in [0.1, 0.15) is 13.3 Å². The first-order valence-electron chi connectivity index (χ1n) is 7.07. The summed E-state index contributed by atoms with van der Waals surface area (Å²) in [4.78, 5) is 13.8. The van der Waals surface area contributed by atoms with Gasteiger partial charge in [0, 0.05) is 32.7 Å². The van der Waals surface area contributed by atoms with E-state index in [0.717, 1.165) is 42.9 Å². The molecule has 1 aliphatic rings. The van der Waals surface area contributed by atoms with Gasteiger partial charge in [-0.2, -0.15) is 15.1 Å².